The Morgan fingerprint density at radius 1 is 1.22 bits per heavy atom. The molecule has 0 bridgehead atoms. The number of ether oxygens (including phenoxy) is 1. The zero-order valence-electron chi connectivity index (χ0n) is 14.4. The molecule has 0 unspecified atom stereocenters. The van der Waals surface area contributed by atoms with Crippen molar-refractivity contribution in [1.29, 1.82) is 0 Å². The van der Waals surface area contributed by atoms with E-state index in [0.717, 1.165) is 11.1 Å². The van der Waals surface area contributed by atoms with Crippen molar-refractivity contribution in [3.8, 4) is 0 Å². The highest BCUT2D eigenvalue weighted by molar-refractivity contribution is 6.14. The zero-order valence-corrected chi connectivity index (χ0v) is 14.4. The van der Waals surface area contributed by atoms with Gasteiger partial charge in [0.15, 0.2) is 0 Å². The van der Waals surface area contributed by atoms with E-state index in [-0.39, 0.29) is 12.5 Å². The van der Waals surface area contributed by atoms with E-state index in [1.54, 1.807) is 0 Å². The lowest BCUT2D eigenvalue weighted by molar-refractivity contribution is -0.152. The van der Waals surface area contributed by atoms with Gasteiger partial charge in [0.2, 0.25) is 0 Å². The second kappa shape index (κ2) is 8.89. The van der Waals surface area contributed by atoms with Crippen LogP contribution in [0.25, 0.3) is 0 Å². The van der Waals surface area contributed by atoms with E-state index in [0.29, 0.717) is 5.71 Å². The van der Waals surface area contributed by atoms with Crippen LogP contribution in [0.2, 0.25) is 0 Å². The van der Waals surface area contributed by atoms with Gasteiger partial charge in [-0.25, -0.2) is 0 Å². The maximum absolute atomic E-state index is 11.9. The summed E-state index contributed by atoms with van der Waals surface area (Å²) < 4.78 is 5.30. The summed E-state index contributed by atoms with van der Waals surface area (Å²) in [7, 11) is 0. The van der Waals surface area contributed by atoms with Gasteiger partial charge in [-0.05, 0) is 33.3 Å². The Hall–Kier alpha value is -2.42. The van der Waals surface area contributed by atoms with Gasteiger partial charge in [0.25, 0.3) is 0 Å². The molecule has 1 aromatic rings. The maximum atomic E-state index is 11.9. The van der Waals surface area contributed by atoms with Crippen LogP contribution in [0.1, 0.15) is 33.3 Å². The monoisotopic (exact) mass is 311 g/mol. The third kappa shape index (κ3) is 7.41. The molecule has 3 nitrogen and oxygen atoms in total. The highest BCUT2D eigenvalue weighted by Crippen LogP contribution is 2.11. The highest BCUT2D eigenvalue weighted by atomic mass is 16.6. The predicted octanol–water partition coefficient (Wildman–Crippen LogP) is 4.51. The lowest BCUT2D eigenvalue weighted by atomic mass is 10.0. The molecule has 0 aliphatic rings. The first-order valence-electron chi connectivity index (χ1n) is 7.64. The van der Waals surface area contributed by atoms with Crippen molar-refractivity contribution in [2.45, 2.75) is 33.3 Å². The molecule has 0 amide bonds. The quantitative estimate of drug-likeness (QED) is 0.440. The zero-order chi connectivity index (χ0) is 17.3. The number of rotatable bonds is 6. The Bertz CT molecular complexity index is 617. The molecule has 0 N–H and O–H groups in total. The van der Waals surface area contributed by atoms with Crippen LogP contribution in [0.3, 0.4) is 0 Å². The Balaban J connectivity index is 2.98. The first-order valence-corrected chi connectivity index (χ1v) is 7.64. The molecule has 1 rings (SSSR count). The van der Waals surface area contributed by atoms with Gasteiger partial charge in [0.05, 0.1) is 5.71 Å². The van der Waals surface area contributed by atoms with Crippen molar-refractivity contribution in [3.63, 3.8) is 0 Å². The molecular formula is C20H25NO2. The Kier molecular flexibility index (Phi) is 7.20. The Morgan fingerprint density at radius 3 is 2.43 bits per heavy atom. The van der Waals surface area contributed by atoms with E-state index in [2.05, 4.69) is 11.6 Å². The fourth-order valence-electron chi connectivity index (χ4n) is 1.85. The molecule has 0 radical (unpaired) electrons. The van der Waals surface area contributed by atoms with Crippen LogP contribution in [0, 0.1) is 0 Å². The van der Waals surface area contributed by atoms with Crippen LogP contribution in [0.15, 0.2) is 71.8 Å². The number of hydrogen-bond acceptors (Lipinski definition) is 3. The molecule has 0 spiro atoms. The van der Waals surface area contributed by atoms with Crippen molar-refractivity contribution < 1.29 is 9.53 Å². The number of esters is 1. The summed E-state index contributed by atoms with van der Waals surface area (Å²) in [5.41, 5.74) is 1.85. The van der Waals surface area contributed by atoms with Gasteiger partial charge in [-0.1, -0.05) is 61.2 Å². The number of carbonyl (C=O) groups excluding carboxylic acids is 1. The average Bonchev–Trinajstić information content (AvgIpc) is 2.47. The minimum absolute atomic E-state index is 0.0298. The molecule has 0 saturated carbocycles. The summed E-state index contributed by atoms with van der Waals surface area (Å²) in [5.74, 6) is -0.351. The van der Waals surface area contributed by atoms with Gasteiger partial charge in [-0.3, -0.25) is 9.79 Å². The number of nitrogens with zero attached hydrogens (tertiary/aromatic N) is 1. The molecule has 0 atom stereocenters. The second-order valence-corrected chi connectivity index (χ2v) is 6.03. The summed E-state index contributed by atoms with van der Waals surface area (Å²) in [6.45, 7) is 11.5. The summed E-state index contributed by atoms with van der Waals surface area (Å²) in [6.07, 6.45) is 7.63. The minimum atomic E-state index is -0.512. The van der Waals surface area contributed by atoms with Crippen molar-refractivity contribution >= 4 is 11.7 Å². The molecule has 0 aliphatic heterocycles. The molecule has 0 fully saturated rings. The lowest BCUT2D eigenvalue weighted by Crippen LogP contribution is -2.25. The van der Waals surface area contributed by atoms with Crippen molar-refractivity contribution in [1.82, 2.24) is 0 Å². The van der Waals surface area contributed by atoms with E-state index >= 15 is 0 Å². The van der Waals surface area contributed by atoms with Gasteiger partial charge in [0, 0.05) is 5.56 Å². The van der Waals surface area contributed by atoms with Gasteiger partial charge in [0.1, 0.15) is 12.1 Å². The van der Waals surface area contributed by atoms with E-state index in [4.69, 9.17) is 4.74 Å². The Labute approximate surface area is 139 Å². The molecule has 23 heavy (non-hydrogen) atoms. The average molecular weight is 311 g/mol. The molecule has 3 heteroatoms. The van der Waals surface area contributed by atoms with Gasteiger partial charge >= 0.3 is 5.97 Å². The van der Waals surface area contributed by atoms with E-state index in [1.807, 2.05) is 82.3 Å². The number of carbonyl (C=O) groups is 1. The van der Waals surface area contributed by atoms with Crippen LogP contribution >= 0.6 is 0 Å². The SMILES string of the molecule is C=C(/C=C\C=C/C)/C(=N\CC(=O)OC(C)(C)C)c1ccccc1. The topological polar surface area (TPSA) is 38.7 Å². The molecule has 1 aromatic carbocycles. The van der Waals surface area contributed by atoms with Crippen LogP contribution in [-0.4, -0.2) is 23.8 Å². The summed E-state index contributed by atoms with van der Waals surface area (Å²) in [6, 6.07) is 9.70. The van der Waals surface area contributed by atoms with Crippen molar-refractivity contribution in [3.05, 3.63) is 72.4 Å². The normalized spacial score (nSPS) is 12.8. The maximum Gasteiger partial charge on any atom is 0.328 e. The van der Waals surface area contributed by atoms with Gasteiger partial charge in [-0.15, -0.1) is 0 Å². The molecule has 0 saturated heterocycles. The fourth-order valence-corrected chi connectivity index (χ4v) is 1.85. The fraction of sp³-hybridized carbons (Fsp3) is 0.300. The van der Waals surface area contributed by atoms with E-state index in [9.17, 15) is 4.79 Å². The number of benzene rings is 1. The molecule has 0 aliphatic carbocycles. The summed E-state index contributed by atoms with van der Waals surface area (Å²) in [4.78, 5) is 16.3. The molecule has 0 aromatic heterocycles. The first kappa shape index (κ1) is 18.6. The second-order valence-electron chi connectivity index (χ2n) is 6.03. The summed E-state index contributed by atoms with van der Waals surface area (Å²) >= 11 is 0. The third-order valence-corrected chi connectivity index (χ3v) is 2.74. The predicted molar refractivity (Wildman–Crippen MR) is 96.8 cm³/mol. The largest absolute Gasteiger partial charge is 0.459 e. The first-order chi connectivity index (χ1) is 10.8. The van der Waals surface area contributed by atoms with Crippen LogP contribution < -0.4 is 0 Å². The highest BCUT2D eigenvalue weighted by Gasteiger charge is 2.16. The van der Waals surface area contributed by atoms with E-state index in [1.165, 1.54) is 0 Å². The number of hydrogen-bond donors (Lipinski definition) is 0. The minimum Gasteiger partial charge on any atom is -0.459 e. The third-order valence-electron chi connectivity index (χ3n) is 2.74. The summed E-state index contributed by atoms with van der Waals surface area (Å²) in [5, 5.41) is 0. The molecule has 0 heterocycles. The van der Waals surface area contributed by atoms with E-state index < -0.39 is 5.60 Å². The van der Waals surface area contributed by atoms with Crippen LogP contribution in [0.5, 0.6) is 0 Å². The number of allylic oxidation sites excluding steroid dienone is 5. The van der Waals surface area contributed by atoms with Crippen LogP contribution in [-0.2, 0) is 9.53 Å². The van der Waals surface area contributed by atoms with Gasteiger partial charge in [-0.2, -0.15) is 0 Å². The van der Waals surface area contributed by atoms with Crippen molar-refractivity contribution in [2.75, 3.05) is 6.54 Å². The van der Waals surface area contributed by atoms with Gasteiger partial charge < -0.3 is 4.74 Å². The molecule has 122 valence electrons. The standard InChI is InChI=1S/C20H25NO2/c1-6-7-9-12-16(2)19(17-13-10-8-11-14-17)21-15-18(22)23-20(3,4)5/h6-14H,2,15H2,1,3-5H3/b7-6-,12-9-,21-19+. The van der Waals surface area contributed by atoms with Crippen molar-refractivity contribution in [2.24, 2.45) is 4.99 Å². The van der Waals surface area contributed by atoms with Crippen LogP contribution in [0.4, 0.5) is 0 Å². The number of aliphatic imine (C=N–C) groups is 1. The lowest BCUT2D eigenvalue weighted by Gasteiger charge is -2.18. The smallest absolute Gasteiger partial charge is 0.328 e. The molecular weight excluding hydrogens is 286 g/mol. The Morgan fingerprint density at radius 2 is 1.87 bits per heavy atom.